The fourth-order valence-corrected chi connectivity index (χ4v) is 5.64. The molecule has 3 atom stereocenters. The molecule has 3 aliphatic heterocycles. The summed E-state index contributed by atoms with van der Waals surface area (Å²) >= 11 is 0. The number of halogens is 2. The molecular formula is C25H38F2N2O3. The Morgan fingerprint density at radius 3 is 2.62 bits per heavy atom. The minimum absolute atomic E-state index is 0.0739. The SMILES string of the molecule is COc1cc2c(cc1OCCN1CCC(F)(F)C1)CCN1C[C@@H](CC(C)(C)C)[C@H](O)C[C@H]21. The summed E-state index contributed by atoms with van der Waals surface area (Å²) in [5.74, 6) is -0.933. The van der Waals surface area contributed by atoms with Crippen LogP contribution in [0.1, 0.15) is 57.2 Å². The molecule has 4 rings (SSSR count). The molecule has 0 radical (unpaired) electrons. The van der Waals surface area contributed by atoms with Gasteiger partial charge in [0.05, 0.1) is 19.8 Å². The van der Waals surface area contributed by atoms with Crippen molar-refractivity contribution in [2.45, 2.75) is 64.5 Å². The molecule has 1 aromatic carbocycles. The van der Waals surface area contributed by atoms with Gasteiger partial charge in [-0.25, -0.2) is 8.78 Å². The van der Waals surface area contributed by atoms with E-state index in [4.69, 9.17) is 9.47 Å². The first-order valence-electron chi connectivity index (χ1n) is 11.9. The molecule has 1 N–H and O–H groups in total. The summed E-state index contributed by atoms with van der Waals surface area (Å²) in [5.41, 5.74) is 2.65. The number of methoxy groups -OCH3 is 1. The minimum Gasteiger partial charge on any atom is -0.493 e. The van der Waals surface area contributed by atoms with Crippen molar-refractivity contribution in [2.75, 3.05) is 46.4 Å². The van der Waals surface area contributed by atoms with Crippen LogP contribution in [0.5, 0.6) is 11.5 Å². The van der Waals surface area contributed by atoms with Crippen LogP contribution >= 0.6 is 0 Å². The van der Waals surface area contributed by atoms with Gasteiger partial charge in [0.2, 0.25) is 0 Å². The molecule has 0 unspecified atom stereocenters. The second-order valence-corrected chi connectivity index (χ2v) is 11.0. The second kappa shape index (κ2) is 9.07. The number of hydrogen-bond acceptors (Lipinski definition) is 5. The molecule has 2 saturated heterocycles. The van der Waals surface area contributed by atoms with Gasteiger partial charge >= 0.3 is 0 Å². The summed E-state index contributed by atoms with van der Waals surface area (Å²) in [7, 11) is 1.63. The molecular weight excluding hydrogens is 414 g/mol. The Labute approximate surface area is 190 Å². The van der Waals surface area contributed by atoms with E-state index >= 15 is 0 Å². The molecule has 5 nitrogen and oxygen atoms in total. The first kappa shape index (κ1) is 23.7. The Kier molecular flexibility index (Phi) is 6.72. The topological polar surface area (TPSA) is 45.2 Å². The van der Waals surface area contributed by atoms with E-state index in [1.54, 1.807) is 12.0 Å². The lowest BCUT2D eigenvalue weighted by molar-refractivity contribution is -0.0259. The van der Waals surface area contributed by atoms with Crippen LogP contribution in [0.3, 0.4) is 0 Å². The highest BCUT2D eigenvalue weighted by Gasteiger charge is 2.40. The highest BCUT2D eigenvalue weighted by molar-refractivity contribution is 5.49. The number of piperidine rings is 1. The first-order valence-corrected chi connectivity index (χ1v) is 11.9. The second-order valence-electron chi connectivity index (χ2n) is 11.0. The molecule has 3 aliphatic rings. The number of rotatable bonds is 6. The number of aliphatic hydroxyl groups excluding tert-OH is 1. The van der Waals surface area contributed by atoms with Crippen LogP contribution < -0.4 is 9.47 Å². The van der Waals surface area contributed by atoms with Gasteiger partial charge in [-0.3, -0.25) is 9.80 Å². The van der Waals surface area contributed by atoms with Crippen LogP contribution in [0, 0.1) is 11.3 Å². The van der Waals surface area contributed by atoms with Crippen molar-refractivity contribution >= 4 is 0 Å². The molecule has 0 saturated carbocycles. The zero-order chi connectivity index (χ0) is 23.1. The highest BCUT2D eigenvalue weighted by Crippen LogP contribution is 2.44. The number of hydrogen-bond donors (Lipinski definition) is 1. The third-order valence-corrected chi connectivity index (χ3v) is 7.16. The van der Waals surface area contributed by atoms with Gasteiger partial charge in [0, 0.05) is 38.6 Å². The van der Waals surface area contributed by atoms with E-state index in [9.17, 15) is 13.9 Å². The molecule has 0 amide bonds. The number of aliphatic hydroxyl groups is 1. The van der Waals surface area contributed by atoms with Crippen molar-refractivity contribution in [1.29, 1.82) is 0 Å². The molecule has 1 aromatic rings. The Hall–Kier alpha value is -1.44. The zero-order valence-corrected chi connectivity index (χ0v) is 19.9. The maximum absolute atomic E-state index is 13.4. The summed E-state index contributed by atoms with van der Waals surface area (Å²) in [6.07, 6.45) is 2.31. The Morgan fingerprint density at radius 1 is 1.19 bits per heavy atom. The predicted molar refractivity (Wildman–Crippen MR) is 121 cm³/mol. The van der Waals surface area contributed by atoms with Crippen molar-refractivity contribution in [3.05, 3.63) is 23.3 Å². The van der Waals surface area contributed by atoms with E-state index in [0.717, 1.165) is 32.4 Å². The standard InChI is InChI=1S/C25H38F2N2O3/c1-24(2,3)14-18-15-29-7-5-17-11-23(32-10-9-28-8-6-25(26,27)16-28)22(31-4)12-19(17)20(29)13-21(18)30/h11-12,18,20-21,30H,5-10,13-16H2,1-4H3/t18-,20-,21-/m1/s1. The lowest BCUT2D eigenvalue weighted by Crippen LogP contribution is -2.48. The van der Waals surface area contributed by atoms with Crippen LogP contribution in [0.15, 0.2) is 12.1 Å². The van der Waals surface area contributed by atoms with Crippen LogP contribution in [0.25, 0.3) is 0 Å². The van der Waals surface area contributed by atoms with Crippen molar-refractivity contribution in [2.24, 2.45) is 11.3 Å². The zero-order valence-electron chi connectivity index (χ0n) is 19.9. The largest absolute Gasteiger partial charge is 0.493 e. The van der Waals surface area contributed by atoms with Gasteiger partial charge in [-0.05, 0) is 53.9 Å². The fourth-order valence-electron chi connectivity index (χ4n) is 5.64. The van der Waals surface area contributed by atoms with Gasteiger partial charge in [-0.1, -0.05) is 20.8 Å². The van der Waals surface area contributed by atoms with E-state index in [-0.39, 0.29) is 30.5 Å². The van der Waals surface area contributed by atoms with Crippen LogP contribution in [-0.2, 0) is 6.42 Å². The summed E-state index contributed by atoms with van der Waals surface area (Å²) < 4.78 is 38.4. The lowest BCUT2D eigenvalue weighted by atomic mass is 9.75. The third-order valence-electron chi connectivity index (χ3n) is 7.16. The summed E-state index contributed by atoms with van der Waals surface area (Å²) in [6.45, 7) is 9.66. The number of nitrogens with zero attached hydrogens (tertiary/aromatic N) is 2. The van der Waals surface area contributed by atoms with Gasteiger partial charge in [0.1, 0.15) is 6.61 Å². The normalized spacial score (nSPS) is 28.3. The van der Waals surface area contributed by atoms with E-state index in [1.807, 2.05) is 0 Å². The number of alkyl halides is 2. The molecule has 7 heteroatoms. The molecule has 0 spiro atoms. The van der Waals surface area contributed by atoms with E-state index in [2.05, 4.69) is 37.8 Å². The Bertz CT molecular complexity index is 811. The Balaban J connectivity index is 1.43. The number of benzene rings is 1. The van der Waals surface area contributed by atoms with Crippen LogP contribution in [0.4, 0.5) is 8.78 Å². The summed E-state index contributed by atoms with van der Waals surface area (Å²) in [6, 6.07) is 4.31. The van der Waals surface area contributed by atoms with E-state index < -0.39 is 5.92 Å². The minimum atomic E-state index is -2.58. The van der Waals surface area contributed by atoms with E-state index in [0.29, 0.717) is 37.1 Å². The number of likely N-dealkylation sites (tertiary alicyclic amines) is 1. The third kappa shape index (κ3) is 5.37. The molecule has 32 heavy (non-hydrogen) atoms. The Morgan fingerprint density at radius 2 is 1.97 bits per heavy atom. The van der Waals surface area contributed by atoms with Crippen molar-refractivity contribution < 1.29 is 23.4 Å². The molecule has 0 aromatic heterocycles. The number of ether oxygens (including phenoxy) is 2. The maximum Gasteiger partial charge on any atom is 0.261 e. The van der Waals surface area contributed by atoms with Crippen molar-refractivity contribution in [3.8, 4) is 11.5 Å². The summed E-state index contributed by atoms with van der Waals surface area (Å²) in [5, 5.41) is 10.9. The quantitative estimate of drug-likeness (QED) is 0.703. The molecule has 0 bridgehead atoms. The molecule has 180 valence electrons. The van der Waals surface area contributed by atoms with Crippen molar-refractivity contribution in [1.82, 2.24) is 9.80 Å². The predicted octanol–water partition coefficient (Wildman–Crippen LogP) is 4.13. The van der Waals surface area contributed by atoms with Gasteiger partial charge in [-0.15, -0.1) is 0 Å². The van der Waals surface area contributed by atoms with Crippen LogP contribution in [-0.4, -0.2) is 73.4 Å². The smallest absolute Gasteiger partial charge is 0.261 e. The molecule has 0 aliphatic carbocycles. The summed E-state index contributed by atoms with van der Waals surface area (Å²) in [4.78, 5) is 4.26. The van der Waals surface area contributed by atoms with Gasteiger partial charge in [0.25, 0.3) is 5.92 Å². The van der Waals surface area contributed by atoms with Crippen molar-refractivity contribution in [3.63, 3.8) is 0 Å². The van der Waals surface area contributed by atoms with Gasteiger partial charge in [0.15, 0.2) is 11.5 Å². The maximum atomic E-state index is 13.4. The molecule has 3 heterocycles. The average molecular weight is 453 g/mol. The van der Waals surface area contributed by atoms with Crippen LogP contribution in [0.2, 0.25) is 0 Å². The molecule has 2 fully saturated rings. The van der Waals surface area contributed by atoms with E-state index in [1.165, 1.54) is 11.1 Å². The highest BCUT2D eigenvalue weighted by atomic mass is 19.3. The van der Waals surface area contributed by atoms with Gasteiger partial charge in [-0.2, -0.15) is 0 Å². The lowest BCUT2D eigenvalue weighted by Gasteiger charge is -2.47. The first-order chi connectivity index (χ1) is 15.0. The average Bonchev–Trinajstić information content (AvgIpc) is 3.05. The number of fused-ring (bicyclic) bond motifs is 3. The monoisotopic (exact) mass is 452 g/mol. The fraction of sp³-hybridized carbons (Fsp3) is 0.760. The van der Waals surface area contributed by atoms with Gasteiger partial charge < -0.3 is 14.6 Å².